The Labute approximate surface area is 76.5 Å². The fourth-order valence-electron chi connectivity index (χ4n) is 1.69. The standard InChI is InChI=1S/C11H14S/c1-12-9-5-4-7-10-6-2-3-8-11(10)12/h2-3,6,8H,1,4-5,7,9H2. The van der Waals surface area contributed by atoms with Gasteiger partial charge in [0.1, 0.15) is 0 Å². The summed E-state index contributed by atoms with van der Waals surface area (Å²) < 4.78 is 0. The van der Waals surface area contributed by atoms with Gasteiger partial charge in [-0.1, -0.05) is 24.1 Å². The maximum absolute atomic E-state index is 4.23. The van der Waals surface area contributed by atoms with E-state index in [0.29, 0.717) is 0 Å². The van der Waals surface area contributed by atoms with Gasteiger partial charge in [-0.2, -0.15) is 10.5 Å². The molecular formula is C11H14S. The third-order valence-electron chi connectivity index (χ3n) is 2.37. The predicted molar refractivity (Wildman–Crippen MR) is 57.2 cm³/mol. The molecule has 0 spiro atoms. The van der Waals surface area contributed by atoms with Crippen LogP contribution in [0.25, 0.3) is 0 Å². The zero-order valence-corrected chi connectivity index (χ0v) is 8.07. The van der Waals surface area contributed by atoms with Gasteiger partial charge in [-0.3, -0.25) is 0 Å². The second-order valence-corrected chi connectivity index (χ2v) is 5.10. The summed E-state index contributed by atoms with van der Waals surface area (Å²) in [4.78, 5) is 1.51. The van der Waals surface area contributed by atoms with Gasteiger partial charge in [0.15, 0.2) is 0 Å². The van der Waals surface area contributed by atoms with Crippen molar-refractivity contribution in [2.75, 3.05) is 5.75 Å². The van der Waals surface area contributed by atoms with Crippen molar-refractivity contribution in [2.45, 2.75) is 24.2 Å². The van der Waals surface area contributed by atoms with E-state index in [1.165, 1.54) is 35.5 Å². The second-order valence-electron chi connectivity index (χ2n) is 3.26. The first kappa shape index (κ1) is 8.06. The van der Waals surface area contributed by atoms with Gasteiger partial charge in [0, 0.05) is 4.90 Å². The maximum Gasteiger partial charge on any atom is 0.00433 e. The van der Waals surface area contributed by atoms with Crippen molar-refractivity contribution in [3.05, 3.63) is 29.8 Å². The minimum absolute atomic E-state index is 0.267. The molecule has 0 saturated heterocycles. The van der Waals surface area contributed by atoms with Crippen molar-refractivity contribution < 1.29 is 0 Å². The first-order valence-electron chi connectivity index (χ1n) is 4.46. The van der Waals surface area contributed by atoms with Crippen LogP contribution < -0.4 is 0 Å². The van der Waals surface area contributed by atoms with Crippen LogP contribution in [0.2, 0.25) is 0 Å². The summed E-state index contributed by atoms with van der Waals surface area (Å²) in [6.45, 7) is 0. The van der Waals surface area contributed by atoms with Crippen LogP contribution in [0, 0.1) is 0 Å². The van der Waals surface area contributed by atoms with Crippen molar-refractivity contribution in [1.29, 1.82) is 0 Å². The van der Waals surface area contributed by atoms with E-state index in [0.717, 1.165) is 0 Å². The van der Waals surface area contributed by atoms with Crippen molar-refractivity contribution >= 4 is 16.4 Å². The average molecular weight is 178 g/mol. The molecule has 0 N–H and O–H groups in total. The molecule has 0 aromatic heterocycles. The zero-order valence-electron chi connectivity index (χ0n) is 7.25. The molecule has 0 saturated carbocycles. The molecule has 1 heterocycles. The van der Waals surface area contributed by atoms with Crippen molar-refractivity contribution in [3.63, 3.8) is 0 Å². The van der Waals surface area contributed by atoms with Crippen molar-refractivity contribution in [1.82, 2.24) is 0 Å². The van der Waals surface area contributed by atoms with Crippen LogP contribution >= 0.6 is 10.5 Å². The SMILES string of the molecule is C=S1CCCCc2ccccc21. The predicted octanol–water partition coefficient (Wildman–Crippen LogP) is 3.08. The summed E-state index contributed by atoms with van der Waals surface area (Å²) in [6, 6.07) is 8.78. The van der Waals surface area contributed by atoms with E-state index in [9.17, 15) is 0 Å². The summed E-state index contributed by atoms with van der Waals surface area (Å²) in [7, 11) is 0.267. The first-order chi connectivity index (χ1) is 5.88. The van der Waals surface area contributed by atoms with Gasteiger partial charge in [0.05, 0.1) is 0 Å². The Morgan fingerprint density at radius 2 is 2.00 bits per heavy atom. The summed E-state index contributed by atoms with van der Waals surface area (Å²) in [5.41, 5.74) is 1.54. The normalized spacial score (nSPS) is 22.8. The van der Waals surface area contributed by atoms with E-state index in [1.807, 2.05) is 0 Å². The van der Waals surface area contributed by atoms with Crippen LogP contribution in [0.1, 0.15) is 18.4 Å². The molecule has 1 atom stereocenters. The Morgan fingerprint density at radius 1 is 1.17 bits per heavy atom. The van der Waals surface area contributed by atoms with Gasteiger partial charge in [-0.15, -0.1) is 0 Å². The molecule has 0 nitrogen and oxygen atoms in total. The summed E-state index contributed by atoms with van der Waals surface area (Å²) in [6.07, 6.45) is 3.95. The van der Waals surface area contributed by atoms with E-state index >= 15 is 0 Å². The summed E-state index contributed by atoms with van der Waals surface area (Å²) in [5.74, 6) is 5.52. The van der Waals surface area contributed by atoms with Crippen LogP contribution in [0.4, 0.5) is 0 Å². The fraction of sp³-hybridized carbons (Fsp3) is 0.364. The van der Waals surface area contributed by atoms with Crippen LogP contribution in [0.15, 0.2) is 29.2 Å². The van der Waals surface area contributed by atoms with Crippen molar-refractivity contribution in [2.24, 2.45) is 0 Å². The highest BCUT2D eigenvalue weighted by atomic mass is 32.2. The minimum atomic E-state index is 0.267. The molecule has 0 radical (unpaired) electrons. The van der Waals surface area contributed by atoms with Gasteiger partial charge >= 0.3 is 0 Å². The lowest BCUT2D eigenvalue weighted by atomic mass is 10.1. The molecule has 12 heavy (non-hydrogen) atoms. The summed E-state index contributed by atoms with van der Waals surface area (Å²) >= 11 is 0. The van der Waals surface area contributed by atoms with Crippen LogP contribution in [-0.2, 0) is 6.42 Å². The number of aryl methyl sites for hydroxylation is 1. The molecule has 0 bridgehead atoms. The van der Waals surface area contributed by atoms with E-state index < -0.39 is 0 Å². The summed E-state index contributed by atoms with van der Waals surface area (Å²) in [5, 5.41) is 0. The molecule has 0 amide bonds. The molecule has 0 fully saturated rings. The number of benzene rings is 1. The largest absolute Gasteiger partial charge is 0.162 e. The van der Waals surface area contributed by atoms with Crippen molar-refractivity contribution in [3.8, 4) is 0 Å². The van der Waals surface area contributed by atoms with Gasteiger partial charge in [0.2, 0.25) is 0 Å². The molecule has 0 aliphatic carbocycles. The van der Waals surface area contributed by atoms with Gasteiger partial charge in [-0.05, 0) is 36.6 Å². The Hall–Kier alpha value is -0.560. The average Bonchev–Trinajstić information content (AvgIpc) is 2.29. The van der Waals surface area contributed by atoms with Gasteiger partial charge < -0.3 is 0 Å². The number of rotatable bonds is 0. The molecule has 1 heteroatoms. The lowest BCUT2D eigenvalue weighted by molar-refractivity contribution is 0.804. The molecule has 1 aliphatic rings. The highest BCUT2D eigenvalue weighted by Crippen LogP contribution is 2.32. The fourth-order valence-corrected chi connectivity index (χ4v) is 3.28. The molecule has 2 rings (SSSR count). The van der Waals surface area contributed by atoms with E-state index in [2.05, 4.69) is 30.1 Å². The first-order valence-corrected chi connectivity index (χ1v) is 6.03. The van der Waals surface area contributed by atoms with E-state index in [-0.39, 0.29) is 10.5 Å². The molecule has 1 aromatic carbocycles. The molecule has 1 unspecified atom stereocenters. The minimum Gasteiger partial charge on any atom is -0.162 e. The zero-order chi connectivity index (χ0) is 8.39. The van der Waals surface area contributed by atoms with Gasteiger partial charge in [-0.25, -0.2) is 0 Å². The van der Waals surface area contributed by atoms with Crippen LogP contribution in [0.5, 0.6) is 0 Å². The van der Waals surface area contributed by atoms with Crippen LogP contribution in [-0.4, -0.2) is 11.6 Å². The molecule has 64 valence electrons. The van der Waals surface area contributed by atoms with E-state index in [4.69, 9.17) is 0 Å². The Balaban J connectivity index is 2.46. The quantitative estimate of drug-likeness (QED) is 0.536. The monoisotopic (exact) mass is 178 g/mol. The molecule has 1 aliphatic heterocycles. The van der Waals surface area contributed by atoms with E-state index in [1.54, 1.807) is 0 Å². The number of hydrogen-bond donors (Lipinski definition) is 0. The van der Waals surface area contributed by atoms with Crippen LogP contribution in [0.3, 0.4) is 0 Å². The van der Waals surface area contributed by atoms with Gasteiger partial charge in [0.25, 0.3) is 0 Å². The lowest BCUT2D eigenvalue weighted by Crippen LogP contribution is -1.84. The Bertz CT molecular complexity index is 302. The molecular weight excluding hydrogens is 164 g/mol. The Kier molecular flexibility index (Phi) is 2.31. The highest BCUT2D eigenvalue weighted by molar-refractivity contribution is 8.14. The molecule has 1 aromatic rings. The highest BCUT2D eigenvalue weighted by Gasteiger charge is 2.08. The maximum atomic E-state index is 4.23. The number of fused-ring (bicyclic) bond motifs is 1. The smallest absolute Gasteiger partial charge is 0.00433 e. The third kappa shape index (κ3) is 1.46. The Morgan fingerprint density at radius 3 is 2.92 bits per heavy atom. The lowest BCUT2D eigenvalue weighted by Gasteiger charge is -2.06. The number of hydrogen-bond acceptors (Lipinski definition) is 0. The topological polar surface area (TPSA) is 0 Å². The second kappa shape index (κ2) is 3.44. The third-order valence-corrected chi connectivity index (χ3v) is 4.17.